The molecule has 1 aliphatic carbocycles. The fraction of sp³-hybridized carbons (Fsp3) is 0.477. The van der Waals surface area contributed by atoms with E-state index < -0.39 is 65.3 Å². The summed E-state index contributed by atoms with van der Waals surface area (Å²) in [5.41, 5.74) is 6.20. The molecule has 0 spiro atoms. The first-order chi connectivity index (χ1) is 29.3. The van der Waals surface area contributed by atoms with Crippen LogP contribution in [0.2, 0.25) is 0 Å². The number of Topliss-reactive ketones (excluding diaryl/α,β-unsaturated/α-hetero) is 1. The molecule has 0 radical (unpaired) electrons. The first-order valence-electron chi connectivity index (χ1n) is 21.0. The quantitative estimate of drug-likeness (QED) is 0.0717. The van der Waals surface area contributed by atoms with E-state index >= 15 is 0 Å². The van der Waals surface area contributed by atoms with E-state index in [2.05, 4.69) is 31.2 Å². The maximum Gasteiger partial charge on any atom is 0.407 e. The average Bonchev–Trinajstić information content (AvgIpc) is 3.94. The smallest absolute Gasteiger partial charge is 0.407 e. The van der Waals surface area contributed by atoms with Crippen LogP contribution in [0.3, 0.4) is 0 Å². The number of aromatic nitrogens is 4. The first-order valence-corrected chi connectivity index (χ1v) is 21.0. The van der Waals surface area contributed by atoms with Crippen molar-refractivity contribution in [3.05, 3.63) is 89.9 Å². The summed E-state index contributed by atoms with van der Waals surface area (Å²) < 4.78 is 6.73. The van der Waals surface area contributed by atoms with Crippen LogP contribution in [0.25, 0.3) is 10.9 Å². The molecule has 1 saturated carbocycles. The van der Waals surface area contributed by atoms with Crippen molar-refractivity contribution in [2.45, 2.75) is 114 Å². The molecule has 0 bridgehead atoms. The number of pyridine rings is 1. The van der Waals surface area contributed by atoms with E-state index in [1.165, 1.54) is 15.8 Å². The molecule has 6 rings (SSSR count). The summed E-state index contributed by atoms with van der Waals surface area (Å²) in [5, 5.41) is 28.4. The number of rotatable bonds is 18. The van der Waals surface area contributed by atoms with Crippen molar-refractivity contribution in [3.8, 4) is 0 Å². The minimum atomic E-state index is -1.36. The van der Waals surface area contributed by atoms with Crippen LogP contribution in [0.15, 0.2) is 73.1 Å². The maximum absolute atomic E-state index is 14.9. The van der Waals surface area contributed by atoms with Crippen molar-refractivity contribution < 1.29 is 38.6 Å². The Labute approximate surface area is 354 Å². The number of alkyl carbamates (subject to hydrolysis) is 1. The van der Waals surface area contributed by atoms with E-state index in [4.69, 9.17) is 10.5 Å². The minimum Gasteiger partial charge on any atom is -0.445 e. The van der Waals surface area contributed by atoms with Crippen molar-refractivity contribution in [1.82, 2.24) is 40.8 Å². The van der Waals surface area contributed by atoms with Crippen LogP contribution >= 0.6 is 0 Å². The lowest BCUT2D eigenvalue weighted by Crippen LogP contribution is -2.56. The maximum atomic E-state index is 14.9. The summed E-state index contributed by atoms with van der Waals surface area (Å²) in [6.07, 6.45) is 8.41. The number of hydrogen-bond donors (Lipinski definition) is 5. The number of amides is 5. The average molecular weight is 838 g/mol. The van der Waals surface area contributed by atoms with Gasteiger partial charge in [-0.15, -0.1) is 5.10 Å². The van der Waals surface area contributed by atoms with Gasteiger partial charge in [-0.05, 0) is 69.2 Å². The van der Waals surface area contributed by atoms with Crippen molar-refractivity contribution in [1.29, 1.82) is 0 Å². The zero-order valence-corrected chi connectivity index (χ0v) is 34.6. The number of aliphatic hydroxyl groups is 1. The van der Waals surface area contributed by atoms with Gasteiger partial charge in [0.15, 0.2) is 0 Å². The molecule has 4 atom stereocenters. The molecule has 5 amide bonds. The van der Waals surface area contributed by atoms with Gasteiger partial charge in [-0.1, -0.05) is 79.8 Å². The first kappa shape index (κ1) is 44.3. The van der Waals surface area contributed by atoms with E-state index in [-0.39, 0.29) is 38.5 Å². The highest BCUT2D eigenvalue weighted by atomic mass is 16.5. The Morgan fingerprint density at radius 1 is 0.951 bits per heavy atom. The lowest BCUT2D eigenvalue weighted by Gasteiger charge is -2.32. The molecule has 2 aromatic carbocycles. The van der Waals surface area contributed by atoms with Crippen LogP contribution in [0.4, 0.5) is 4.79 Å². The Morgan fingerprint density at radius 3 is 2.46 bits per heavy atom. The van der Waals surface area contributed by atoms with E-state index in [9.17, 15) is 33.9 Å². The minimum absolute atomic E-state index is 0.0191. The van der Waals surface area contributed by atoms with E-state index in [1.807, 2.05) is 36.4 Å². The molecule has 17 heteroatoms. The second-order valence-corrected chi connectivity index (χ2v) is 16.5. The van der Waals surface area contributed by atoms with Gasteiger partial charge in [-0.25, -0.2) is 9.48 Å². The number of hydrogen-bond acceptors (Lipinski definition) is 11. The standard InChI is InChI=1S/C44H55N9O8/c1-44(2,60)37-25-48-51-53(37)32-24-36(41(57)49-33(38(54)39(45)55)17-9-10-20-47-43(59)61-27-29-14-7-4-8-15-29)52(26-32)42(58)35(22-28-12-5-3-6-13-28)50-40(56)31-19-18-30-16-11-21-46-34(30)23-31/h4,7-8,11,14-16,18-19,21,23,25,28,32-33,35-36,60H,3,5-6,9-10,12-13,17,20,22,24,26-27H2,1-2H3,(H2,45,55)(H,47,59)(H,49,57)(H,50,56)/t32-,33?,35+,36-/m0/s1. The van der Waals surface area contributed by atoms with Gasteiger partial charge < -0.3 is 36.4 Å². The van der Waals surface area contributed by atoms with Gasteiger partial charge in [-0.3, -0.25) is 29.0 Å². The predicted molar refractivity (Wildman–Crippen MR) is 223 cm³/mol. The molecule has 4 aromatic rings. The number of nitrogens with two attached hydrogens (primary N) is 1. The van der Waals surface area contributed by atoms with Crippen molar-refractivity contribution in [2.75, 3.05) is 13.1 Å². The second-order valence-electron chi connectivity index (χ2n) is 16.5. The topological polar surface area (TPSA) is 241 Å². The number of ether oxygens (including phenoxy) is 1. The number of carbonyl (C=O) groups excluding carboxylic acids is 6. The molecule has 61 heavy (non-hydrogen) atoms. The molecule has 2 aromatic heterocycles. The van der Waals surface area contributed by atoms with Gasteiger partial charge in [0.1, 0.15) is 24.3 Å². The number of ketones is 1. The van der Waals surface area contributed by atoms with Crippen molar-refractivity contribution in [3.63, 3.8) is 0 Å². The van der Waals surface area contributed by atoms with Crippen molar-refractivity contribution in [2.24, 2.45) is 11.7 Å². The molecule has 2 fully saturated rings. The Bertz CT molecular complexity index is 2180. The number of likely N-dealkylation sites (tertiary alicyclic amines) is 1. The number of benzene rings is 2. The highest BCUT2D eigenvalue weighted by molar-refractivity contribution is 6.37. The zero-order chi connectivity index (χ0) is 43.5. The third-order valence-corrected chi connectivity index (χ3v) is 11.5. The monoisotopic (exact) mass is 837 g/mol. The number of unbranched alkanes of at least 4 members (excludes halogenated alkanes) is 1. The highest BCUT2D eigenvalue weighted by Crippen LogP contribution is 2.34. The Balaban J connectivity index is 1.19. The van der Waals surface area contributed by atoms with Gasteiger partial charge in [0.05, 0.1) is 29.5 Å². The molecule has 1 unspecified atom stereocenters. The predicted octanol–water partition coefficient (Wildman–Crippen LogP) is 3.60. The number of carbonyl (C=O) groups is 6. The lowest BCUT2D eigenvalue weighted by molar-refractivity contribution is -0.142. The second kappa shape index (κ2) is 20.4. The Kier molecular flexibility index (Phi) is 14.8. The lowest BCUT2D eigenvalue weighted by atomic mass is 9.84. The van der Waals surface area contributed by atoms with Crippen LogP contribution < -0.4 is 21.7 Å². The normalized spacial score (nSPS) is 17.9. The van der Waals surface area contributed by atoms with Crippen LogP contribution in [-0.4, -0.2) is 96.7 Å². The van der Waals surface area contributed by atoms with Gasteiger partial charge in [0.25, 0.3) is 11.8 Å². The number of primary amides is 1. The summed E-state index contributed by atoms with van der Waals surface area (Å²) in [6.45, 7) is 3.43. The van der Waals surface area contributed by atoms with Crippen LogP contribution in [0.5, 0.6) is 0 Å². The number of nitrogens with one attached hydrogen (secondary N) is 3. The SMILES string of the molecule is CC(C)(O)c1cnnn1[C@H]1C[C@@H](C(=O)NC(CCCCNC(=O)OCc2ccccc2)C(=O)C(N)=O)N(C(=O)[C@@H](CC2CCCCC2)NC(=O)c2ccc3cccnc3c2)C1. The highest BCUT2D eigenvalue weighted by Gasteiger charge is 2.45. The van der Waals surface area contributed by atoms with Crippen LogP contribution in [0, 0.1) is 5.92 Å². The summed E-state index contributed by atoms with van der Waals surface area (Å²) in [4.78, 5) is 86.5. The summed E-state index contributed by atoms with van der Waals surface area (Å²) in [7, 11) is 0. The molecule has 324 valence electrons. The third kappa shape index (κ3) is 11.7. The van der Waals surface area contributed by atoms with Gasteiger partial charge in [-0.2, -0.15) is 0 Å². The molecule has 1 aliphatic heterocycles. The van der Waals surface area contributed by atoms with Crippen LogP contribution in [-0.2, 0) is 36.1 Å². The fourth-order valence-corrected chi connectivity index (χ4v) is 8.21. The van der Waals surface area contributed by atoms with Gasteiger partial charge in [0.2, 0.25) is 17.6 Å². The van der Waals surface area contributed by atoms with E-state index in [0.717, 1.165) is 43.1 Å². The number of nitrogens with zero attached hydrogens (tertiary/aromatic N) is 5. The zero-order valence-electron chi connectivity index (χ0n) is 34.6. The van der Waals surface area contributed by atoms with Crippen LogP contribution in [0.1, 0.15) is 106 Å². The van der Waals surface area contributed by atoms with Gasteiger partial charge in [0, 0.05) is 36.7 Å². The van der Waals surface area contributed by atoms with E-state index in [0.29, 0.717) is 36.0 Å². The fourth-order valence-electron chi connectivity index (χ4n) is 8.21. The summed E-state index contributed by atoms with van der Waals surface area (Å²) in [6, 6.07) is 13.9. The number of fused-ring (bicyclic) bond motifs is 1. The van der Waals surface area contributed by atoms with Crippen molar-refractivity contribution >= 4 is 46.4 Å². The summed E-state index contributed by atoms with van der Waals surface area (Å²) >= 11 is 0. The van der Waals surface area contributed by atoms with Gasteiger partial charge >= 0.3 is 6.09 Å². The molecule has 2 aliphatic rings. The molecular formula is C44H55N9O8. The van der Waals surface area contributed by atoms with E-state index in [1.54, 1.807) is 44.3 Å². The third-order valence-electron chi connectivity index (χ3n) is 11.5. The molecule has 3 heterocycles. The molecule has 17 nitrogen and oxygen atoms in total. The largest absolute Gasteiger partial charge is 0.445 e. The Hall–Kier alpha value is -6.23. The summed E-state index contributed by atoms with van der Waals surface area (Å²) in [5.74, 6) is -3.75. The Morgan fingerprint density at radius 2 is 1.72 bits per heavy atom. The molecular weight excluding hydrogens is 783 g/mol. The molecule has 6 N–H and O–H groups in total. The molecule has 1 saturated heterocycles.